The molecule has 0 saturated heterocycles. The van der Waals surface area contributed by atoms with Crippen LogP contribution in [0.15, 0.2) is 71.4 Å². The maximum atomic E-state index is 13.2. The molecular formula is C28H33N3O. The van der Waals surface area contributed by atoms with Crippen LogP contribution in [0, 0.1) is 0 Å². The number of amidine groups is 1. The van der Waals surface area contributed by atoms with Crippen LogP contribution in [0.5, 0.6) is 0 Å². The third-order valence-corrected chi connectivity index (χ3v) is 6.18. The summed E-state index contributed by atoms with van der Waals surface area (Å²) in [6.45, 7) is 10.8. The number of benzene rings is 1. The lowest BCUT2D eigenvalue weighted by molar-refractivity contribution is -0.122. The number of carbonyl (C=O) groups is 1. The summed E-state index contributed by atoms with van der Waals surface area (Å²) in [4.78, 5) is 22.2. The van der Waals surface area contributed by atoms with Crippen LogP contribution in [-0.4, -0.2) is 36.3 Å². The average molecular weight is 428 g/mol. The Labute approximate surface area is 192 Å². The van der Waals surface area contributed by atoms with E-state index in [9.17, 15) is 4.79 Å². The lowest BCUT2D eigenvalue weighted by Gasteiger charge is -2.37. The molecule has 3 aliphatic heterocycles. The Morgan fingerprint density at radius 3 is 2.50 bits per heavy atom. The molecule has 0 fully saturated rings. The molecule has 1 amide bonds. The van der Waals surface area contributed by atoms with Crippen LogP contribution in [0.4, 0.5) is 5.69 Å². The number of allylic oxidation sites excluding steroid dienone is 6. The topological polar surface area (TPSA) is 35.9 Å². The first-order valence-corrected chi connectivity index (χ1v) is 11.8. The van der Waals surface area contributed by atoms with Gasteiger partial charge in [0.2, 0.25) is 0 Å². The van der Waals surface area contributed by atoms with Crippen molar-refractivity contribution in [2.24, 2.45) is 4.99 Å². The molecule has 32 heavy (non-hydrogen) atoms. The van der Waals surface area contributed by atoms with Crippen LogP contribution < -0.4 is 4.90 Å². The Morgan fingerprint density at radius 2 is 1.88 bits per heavy atom. The van der Waals surface area contributed by atoms with Gasteiger partial charge in [-0.3, -0.25) is 9.69 Å². The van der Waals surface area contributed by atoms with E-state index in [-0.39, 0.29) is 5.91 Å². The first-order valence-electron chi connectivity index (χ1n) is 11.8. The molecule has 3 heterocycles. The van der Waals surface area contributed by atoms with Crippen LogP contribution in [0.3, 0.4) is 0 Å². The van der Waals surface area contributed by atoms with Gasteiger partial charge in [-0.05, 0) is 85.6 Å². The Kier molecular flexibility index (Phi) is 6.89. The lowest BCUT2D eigenvalue weighted by Crippen LogP contribution is -2.34. The van der Waals surface area contributed by atoms with Crippen molar-refractivity contribution in [3.8, 4) is 0 Å². The molecule has 0 aromatic heterocycles. The van der Waals surface area contributed by atoms with Gasteiger partial charge in [-0.15, -0.1) is 0 Å². The summed E-state index contributed by atoms with van der Waals surface area (Å²) in [5, 5.41) is 0. The van der Waals surface area contributed by atoms with Crippen molar-refractivity contribution in [1.82, 2.24) is 4.90 Å². The zero-order valence-corrected chi connectivity index (χ0v) is 19.3. The first kappa shape index (κ1) is 22.1. The number of aliphatic imine (C=N–C) groups is 1. The first-order chi connectivity index (χ1) is 15.6. The normalized spacial score (nSPS) is 19.9. The summed E-state index contributed by atoms with van der Waals surface area (Å²) >= 11 is 0. The molecule has 3 aliphatic rings. The molecule has 4 nitrogen and oxygen atoms in total. The second-order valence-electron chi connectivity index (χ2n) is 8.57. The van der Waals surface area contributed by atoms with Crippen molar-refractivity contribution >= 4 is 23.5 Å². The summed E-state index contributed by atoms with van der Waals surface area (Å²) in [6, 6.07) is 4.53. The lowest BCUT2D eigenvalue weighted by atomic mass is 9.90. The quantitative estimate of drug-likeness (QED) is 0.418. The molecule has 0 aliphatic carbocycles. The van der Waals surface area contributed by atoms with E-state index in [0.717, 1.165) is 30.4 Å². The molecule has 0 saturated carbocycles. The minimum absolute atomic E-state index is 0.0141. The number of nitrogens with zero attached hydrogens (tertiary/aromatic N) is 3. The maximum absolute atomic E-state index is 13.2. The highest BCUT2D eigenvalue weighted by molar-refractivity contribution is 6.17. The van der Waals surface area contributed by atoms with Gasteiger partial charge in [0, 0.05) is 25.3 Å². The van der Waals surface area contributed by atoms with E-state index in [4.69, 9.17) is 4.99 Å². The molecule has 4 rings (SSSR count). The summed E-state index contributed by atoms with van der Waals surface area (Å²) in [5.74, 6) is 0.688. The molecule has 0 unspecified atom stereocenters. The van der Waals surface area contributed by atoms with Crippen LogP contribution in [0.25, 0.3) is 6.08 Å². The van der Waals surface area contributed by atoms with Gasteiger partial charge in [0.25, 0.3) is 5.91 Å². The second kappa shape index (κ2) is 9.99. The molecule has 0 radical (unpaired) electrons. The Bertz CT molecular complexity index is 1020. The summed E-state index contributed by atoms with van der Waals surface area (Å²) in [6.07, 6.45) is 19.1. The summed E-state index contributed by atoms with van der Waals surface area (Å²) < 4.78 is 0. The van der Waals surface area contributed by atoms with E-state index in [1.54, 1.807) is 11.0 Å². The largest absolute Gasteiger partial charge is 0.371 e. The van der Waals surface area contributed by atoms with E-state index >= 15 is 0 Å². The standard InChI is InChI=1S/C28H33N3O/c1-4-9-21(10-5-2)13-14-26-29-25(28(32)31(26)15-6-3)20-22-18-23-11-7-16-30-17-8-12-24(19-22)27(23)30/h4-5,9-10,13-14,18-20H,1,6-8,11-12,15-17H2,2-3H3/b10-5-,14-13+,21-9+,25-20-. The smallest absolute Gasteiger partial charge is 0.278 e. The van der Waals surface area contributed by atoms with Gasteiger partial charge in [0.1, 0.15) is 11.5 Å². The van der Waals surface area contributed by atoms with Crippen molar-refractivity contribution in [3.05, 3.63) is 83.1 Å². The van der Waals surface area contributed by atoms with Gasteiger partial charge < -0.3 is 4.90 Å². The van der Waals surface area contributed by atoms with E-state index in [1.807, 2.05) is 43.4 Å². The van der Waals surface area contributed by atoms with Gasteiger partial charge in [0.05, 0.1) is 0 Å². The van der Waals surface area contributed by atoms with E-state index in [1.165, 1.54) is 42.7 Å². The van der Waals surface area contributed by atoms with Crippen LogP contribution in [0.2, 0.25) is 0 Å². The number of hydrogen-bond donors (Lipinski definition) is 0. The molecule has 0 bridgehead atoms. The highest BCUT2D eigenvalue weighted by Crippen LogP contribution is 2.36. The zero-order valence-electron chi connectivity index (χ0n) is 19.3. The van der Waals surface area contributed by atoms with E-state index < -0.39 is 0 Å². The SMILES string of the molecule is C=C/C=C(\C=C/C)/C=C/C1=NC(=C\c2cc3c4c(c2)CCCN4CCC3)/C(=O)N1CCC. The maximum Gasteiger partial charge on any atom is 0.278 e. The predicted molar refractivity (Wildman–Crippen MR) is 135 cm³/mol. The molecule has 0 atom stereocenters. The van der Waals surface area contributed by atoms with Gasteiger partial charge >= 0.3 is 0 Å². The van der Waals surface area contributed by atoms with Crippen molar-refractivity contribution in [2.45, 2.75) is 46.0 Å². The Morgan fingerprint density at radius 1 is 1.16 bits per heavy atom. The number of hydrogen-bond acceptors (Lipinski definition) is 3. The van der Waals surface area contributed by atoms with Gasteiger partial charge in [-0.1, -0.05) is 43.9 Å². The number of rotatable bonds is 7. The minimum atomic E-state index is -0.0141. The fourth-order valence-corrected chi connectivity index (χ4v) is 4.87. The summed E-state index contributed by atoms with van der Waals surface area (Å²) in [5.41, 5.74) is 6.93. The monoisotopic (exact) mass is 427 g/mol. The van der Waals surface area contributed by atoms with Crippen molar-refractivity contribution in [1.29, 1.82) is 0 Å². The van der Waals surface area contributed by atoms with Crippen LogP contribution in [-0.2, 0) is 17.6 Å². The van der Waals surface area contributed by atoms with Gasteiger partial charge in [0.15, 0.2) is 0 Å². The fourth-order valence-electron chi connectivity index (χ4n) is 4.87. The van der Waals surface area contributed by atoms with E-state index in [0.29, 0.717) is 18.1 Å². The molecule has 1 aromatic rings. The highest BCUT2D eigenvalue weighted by Gasteiger charge is 2.29. The predicted octanol–water partition coefficient (Wildman–Crippen LogP) is 5.62. The molecule has 4 heteroatoms. The van der Waals surface area contributed by atoms with E-state index in [2.05, 4.69) is 30.5 Å². The van der Waals surface area contributed by atoms with Gasteiger partial charge in [-0.2, -0.15) is 0 Å². The molecule has 0 spiro atoms. The number of carbonyl (C=O) groups excluding carboxylic acids is 1. The fraction of sp³-hybridized carbons (Fsp3) is 0.357. The number of aryl methyl sites for hydroxylation is 2. The number of amides is 1. The number of anilines is 1. The summed E-state index contributed by atoms with van der Waals surface area (Å²) in [7, 11) is 0. The third-order valence-electron chi connectivity index (χ3n) is 6.18. The zero-order chi connectivity index (χ0) is 22.5. The molecule has 1 aromatic carbocycles. The average Bonchev–Trinajstić information content (AvgIpc) is 3.07. The molecular weight excluding hydrogens is 394 g/mol. The molecule has 0 N–H and O–H groups in total. The van der Waals surface area contributed by atoms with Crippen LogP contribution in [0.1, 0.15) is 49.8 Å². The molecule has 166 valence electrons. The Hall–Kier alpha value is -3.14. The minimum Gasteiger partial charge on any atom is -0.371 e. The van der Waals surface area contributed by atoms with Crippen molar-refractivity contribution in [3.63, 3.8) is 0 Å². The Balaban J connectivity index is 1.68. The van der Waals surface area contributed by atoms with Gasteiger partial charge in [-0.25, -0.2) is 4.99 Å². The van der Waals surface area contributed by atoms with Crippen molar-refractivity contribution < 1.29 is 4.79 Å². The highest BCUT2D eigenvalue weighted by atomic mass is 16.2. The third kappa shape index (κ3) is 4.55. The van der Waals surface area contributed by atoms with Crippen LogP contribution >= 0.6 is 0 Å². The second-order valence-corrected chi connectivity index (χ2v) is 8.57. The van der Waals surface area contributed by atoms with Crippen molar-refractivity contribution in [2.75, 3.05) is 24.5 Å².